The van der Waals surface area contributed by atoms with Gasteiger partial charge in [0.05, 0.1) is 32.7 Å². The molecule has 36 heavy (non-hydrogen) atoms. The molecule has 0 bridgehead atoms. The number of aliphatic hydroxyl groups is 1. The number of methoxy groups -OCH3 is 1. The Balaban J connectivity index is 1.29. The van der Waals surface area contributed by atoms with Crippen molar-refractivity contribution in [1.29, 1.82) is 0 Å². The number of H-pyrrole nitrogens is 1. The average Bonchev–Trinajstić information content (AvgIpc) is 3.59. The van der Waals surface area contributed by atoms with Gasteiger partial charge in [-0.15, -0.1) is 16.9 Å². The molecular formula is C25H27N7O3S. The lowest BCUT2D eigenvalue weighted by atomic mass is 10.1. The van der Waals surface area contributed by atoms with Gasteiger partial charge in [-0.1, -0.05) is 30.3 Å². The number of benzene rings is 2. The molecule has 0 radical (unpaired) electrons. The molecule has 1 saturated heterocycles. The average molecular weight is 506 g/mol. The third kappa shape index (κ3) is 5.58. The number of hydrogen-bond donors (Lipinski definition) is 2. The van der Waals surface area contributed by atoms with Gasteiger partial charge in [0.15, 0.2) is 0 Å². The summed E-state index contributed by atoms with van der Waals surface area (Å²) in [6.07, 6.45) is 2.57. The minimum Gasteiger partial charge on any atom is -0.496 e. The number of rotatable bonds is 10. The van der Waals surface area contributed by atoms with Crippen LogP contribution in [-0.4, -0.2) is 56.9 Å². The molecule has 2 aromatic carbocycles. The van der Waals surface area contributed by atoms with Crippen molar-refractivity contribution in [2.24, 2.45) is 10.2 Å². The predicted molar refractivity (Wildman–Crippen MR) is 139 cm³/mol. The van der Waals surface area contributed by atoms with Gasteiger partial charge in [-0.2, -0.15) is 20.1 Å². The molecule has 1 aliphatic heterocycles. The van der Waals surface area contributed by atoms with E-state index in [2.05, 4.69) is 41.1 Å². The molecule has 11 heteroatoms. The number of azo groups is 1. The van der Waals surface area contributed by atoms with E-state index >= 15 is 0 Å². The van der Waals surface area contributed by atoms with Gasteiger partial charge in [0, 0.05) is 46.9 Å². The summed E-state index contributed by atoms with van der Waals surface area (Å²) in [6, 6.07) is 14.0. The van der Waals surface area contributed by atoms with Gasteiger partial charge in [-0.3, -0.25) is 0 Å². The maximum atomic E-state index is 9.42. The summed E-state index contributed by atoms with van der Waals surface area (Å²) in [7, 11) is 1.59. The quantitative estimate of drug-likeness (QED) is 0.307. The summed E-state index contributed by atoms with van der Waals surface area (Å²) in [5, 5.41) is 19.2. The van der Waals surface area contributed by atoms with E-state index < -0.39 is 0 Å². The second kappa shape index (κ2) is 11.4. The van der Waals surface area contributed by atoms with Crippen molar-refractivity contribution in [3.63, 3.8) is 0 Å². The molecule has 0 saturated carbocycles. The van der Waals surface area contributed by atoms with Crippen LogP contribution in [0.2, 0.25) is 0 Å². The first-order valence-electron chi connectivity index (χ1n) is 11.6. The van der Waals surface area contributed by atoms with E-state index in [0.717, 1.165) is 45.8 Å². The van der Waals surface area contributed by atoms with Crippen LogP contribution >= 0.6 is 11.8 Å². The van der Waals surface area contributed by atoms with E-state index in [1.165, 1.54) is 0 Å². The van der Waals surface area contributed by atoms with Crippen LogP contribution in [0.3, 0.4) is 0 Å². The van der Waals surface area contributed by atoms with Gasteiger partial charge >= 0.3 is 6.01 Å². The summed E-state index contributed by atoms with van der Waals surface area (Å²) >= 11 is 1.83. The van der Waals surface area contributed by atoms with Crippen LogP contribution in [0.25, 0.3) is 10.9 Å². The number of aromatic amines is 1. The van der Waals surface area contributed by atoms with Gasteiger partial charge in [0.2, 0.25) is 5.95 Å². The fraction of sp³-hybridized carbons (Fsp3) is 0.320. The minimum absolute atomic E-state index is 0.0694. The van der Waals surface area contributed by atoms with Crippen LogP contribution in [-0.2, 0) is 19.6 Å². The Hall–Kier alpha value is -3.70. The summed E-state index contributed by atoms with van der Waals surface area (Å²) < 4.78 is 11.3. The third-order valence-corrected chi connectivity index (χ3v) is 6.81. The molecule has 1 fully saturated rings. The smallest absolute Gasteiger partial charge is 0.323 e. The Morgan fingerprint density at radius 3 is 2.89 bits per heavy atom. The Morgan fingerprint density at radius 2 is 2.06 bits per heavy atom. The van der Waals surface area contributed by atoms with Gasteiger partial charge in [-0.25, -0.2) is 0 Å². The second-order valence-electron chi connectivity index (χ2n) is 8.18. The number of ether oxygens (including phenoxy) is 2. The largest absolute Gasteiger partial charge is 0.496 e. The Bertz CT molecular complexity index is 1350. The first kappa shape index (κ1) is 24.0. The molecule has 0 amide bonds. The summed E-state index contributed by atoms with van der Waals surface area (Å²) in [4.78, 5) is 18.7. The molecule has 0 spiro atoms. The number of anilines is 1. The van der Waals surface area contributed by atoms with Crippen LogP contribution in [0.4, 0.5) is 11.9 Å². The van der Waals surface area contributed by atoms with Crippen molar-refractivity contribution < 1.29 is 14.6 Å². The summed E-state index contributed by atoms with van der Waals surface area (Å²) in [5.41, 5.74) is 3.89. The molecular weight excluding hydrogens is 478 g/mol. The SMILES string of the molecule is COc1cc(CCOc2nc(N=NCc3c[nH]c4ccccc34)nc(N3CCSC3)n2)ccc1CO. The summed E-state index contributed by atoms with van der Waals surface area (Å²) in [6.45, 7) is 1.56. The van der Waals surface area contributed by atoms with E-state index in [4.69, 9.17) is 9.47 Å². The zero-order valence-corrected chi connectivity index (χ0v) is 20.7. The lowest BCUT2D eigenvalue weighted by molar-refractivity contribution is 0.273. The molecule has 10 nitrogen and oxygen atoms in total. The number of aromatic nitrogens is 4. The van der Waals surface area contributed by atoms with Crippen LogP contribution in [0.15, 0.2) is 58.9 Å². The molecule has 2 N–H and O–H groups in total. The number of aliphatic hydroxyl groups excluding tert-OH is 1. The van der Waals surface area contributed by atoms with Crippen molar-refractivity contribution in [2.75, 3.05) is 36.8 Å². The topological polar surface area (TPSA) is 121 Å². The van der Waals surface area contributed by atoms with Crippen LogP contribution in [0.1, 0.15) is 16.7 Å². The first-order chi connectivity index (χ1) is 17.7. The van der Waals surface area contributed by atoms with E-state index in [1.807, 2.05) is 54.4 Å². The molecule has 2 aromatic heterocycles. The second-order valence-corrected chi connectivity index (χ2v) is 9.26. The third-order valence-electron chi connectivity index (χ3n) is 5.85. The van der Waals surface area contributed by atoms with Crippen molar-refractivity contribution in [3.8, 4) is 11.8 Å². The molecule has 186 valence electrons. The number of hydrogen-bond acceptors (Lipinski definition) is 10. The Kier molecular flexibility index (Phi) is 7.58. The number of thioether (sulfide) groups is 1. The lowest BCUT2D eigenvalue weighted by Gasteiger charge is -2.15. The predicted octanol–water partition coefficient (Wildman–Crippen LogP) is 4.27. The van der Waals surface area contributed by atoms with Gasteiger partial charge in [0.25, 0.3) is 5.95 Å². The summed E-state index contributed by atoms with van der Waals surface area (Å²) in [5.74, 6) is 3.25. The van der Waals surface area contributed by atoms with Crippen molar-refractivity contribution in [1.82, 2.24) is 19.9 Å². The Morgan fingerprint density at radius 1 is 1.14 bits per heavy atom. The number of fused-ring (bicyclic) bond motifs is 1. The maximum Gasteiger partial charge on any atom is 0.323 e. The van der Waals surface area contributed by atoms with Crippen molar-refractivity contribution in [3.05, 3.63) is 65.4 Å². The highest BCUT2D eigenvalue weighted by atomic mass is 32.2. The molecule has 3 heterocycles. The standard InChI is InChI=1S/C25H27N7O3S/c1-34-22-12-17(6-7-18(22)15-33)8-10-35-25-29-23(28-24(30-25)32-9-11-36-16-32)31-27-14-19-13-26-21-5-3-2-4-20(19)21/h2-7,12-13,26,33H,8-11,14-16H2,1H3. The van der Waals surface area contributed by atoms with Crippen LogP contribution in [0.5, 0.6) is 11.8 Å². The van der Waals surface area contributed by atoms with Gasteiger partial charge in [-0.05, 0) is 17.7 Å². The molecule has 5 rings (SSSR count). The minimum atomic E-state index is -0.0694. The number of para-hydroxylation sites is 1. The molecule has 0 atom stereocenters. The lowest BCUT2D eigenvalue weighted by Crippen LogP contribution is -2.21. The van der Waals surface area contributed by atoms with E-state index in [9.17, 15) is 5.11 Å². The van der Waals surface area contributed by atoms with Gasteiger partial charge < -0.3 is 24.5 Å². The fourth-order valence-corrected chi connectivity index (χ4v) is 4.87. The molecule has 0 aliphatic carbocycles. The molecule has 0 unspecified atom stereocenters. The first-order valence-corrected chi connectivity index (χ1v) is 12.8. The highest BCUT2D eigenvalue weighted by molar-refractivity contribution is 7.99. The van der Waals surface area contributed by atoms with Crippen LogP contribution in [0, 0.1) is 0 Å². The number of nitrogens with zero attached hydrogens (tertiary/aromatic N) is 6. The van der Waals surface area contributed by atoms with E-state index in [0.29, 0.717) is 31.3 Å². The molecule has 4 aromatic rings. The van der Waals surface area contributed by atoms with Crippen molar-refractivity contribution >= 4 is 34.6 Å². The van der Waals surface area contributed by atoms with E-state index in [1.54, 1.807) is 7.11 Å². The number of nitrogens with one attached hydrogen (secondary N) is 1. The monoisotopic (exact) mass is 505 g/mol. The fourth-order valence-electron chi connectivity index (χ4n) is 3.93. The van der Waals surface area contributed by atoms with Crippen LogP contribution < -0.4 is 14.4 Å². The van der Waals surface area contributed by atoms with E-state index in [-0.39, 0.29) is 18.6 Å². The van der Waals surface area contributed by atoms with Gasteiger partial charge in [0.1, 0.15) is 5.75 Å². The Labute approximate surface area is 212 Å². The van der Waals surface area contributed by atoms with Crippen molar-refractivity contribution in [2.45, 2.75) is 19.6 Å². The zero-order chi connectivity index (χ0) is 24.7. The normalized spacial score (nSPS) is 13.7. The zero-order valence-electron chi connectivity index (χ0n) is 19.9. The maximum absolute atomic E-state index is 9.42. The highest BCUT2D eigenvalue weighted by Crippen LogP contribution is 2.24. The molecule has 1 aliphatic rings. The highest BCUT2D eigenvalue weighted by Gasteiger charge is 2.18.